The zero-order valence-corrected chi connectivity index (χ0v) is 16.5. The third kappa shape index (κ3) is 4.31. The quantitative estimate of drug-likeness (QED) is 0.849. The first kappa shape index (κ1) is 20.1. The molecule has 2 fully saturated rings. The molecule has 1 N–H and O–H groups in total. The molecule has 24 heavy (non-hydrogen) atoms. The van der Waals surface area contributed by atoms with Crippen LogP contribution in [0.2, 0.25) is 0 Å². The van der Waals surface area contributed by atoms with Crippen molar-refractivity contribution in [2.24, 2.45) is 23.7 Å². The Kier molecular flexibility index (Phi) is 6.03. The molecule has 0 bridgehead atoms. The van der Waals surface area contributed by atoms with Crippen molar-refractivity contribution in [1.82, 2.24) is 0 Å². The molecule has 0 aromatic rings. The molecule has 0 spiro atoms. The van der Waals surface area contributed by atoms with Gasteiger partial charge in [0, 0.05) is 30.3 Å². The van der Waals surface area contributed by atoms with Crippen LogP contribution in [0.4, 0.5) is 0 Å². The van der Waals surface area contributed by atoms with E-state index in [1.807, 2.05) is 34.6 Å². The first-order valence-electron chi connectivity index (χ1n) is 9.25. The minimum Gasteiger partial charge on any atom is -0.396 e. The van der Waals surface area contributed by atoms with Crippen molar-refractivity contribution in [3.05, 3.63) is 0 Å². The molecular formula is C19H36O5. The van der Waals surface area contributed by atoms with Crippen LogP contribution in [0, 0.1) is 23.7 Å². The van der Waals surface area contributed by atoms with E-state index in [1.165, 1.54) is 0 Å². The fourth-order valence-corrected chi connectivity index (χ4v) is 4.13. The second-order valence-corrected chi connectivity index (χ2v) is 8.71. The second kappa shape index (κ2) is 7.20. The van der Waals surface area contributed by atoms with Crippen molar-refractivity contribution in [3.63, 3.8) is 0 Å². The Bertz CT molecular complexity index is 422. The Morgan fingerprint density at radius 3 is 2.04 bits per heavy atom. The summed E-state index contributed by atoms with van der Waals surface area (Å²) in [5.74, 6) is -0.464. The molecule has 5 nitrogen and oxygen atoms in total. The average Bonchev–Trinajstić information content (AvgIpc) is 2.50. The molecule has 0 aromatic carbocycles. The van der Waals surface area contributed by atoms with Crippen LogP contribution in [-0.4, -0.2) is 48.2 Å². The standard InChI is InChI=1S/C19H36O5/c1-11(9-20)15-13(3)17(24-19(7,8)23-15)14(4)16-12(2)10-21-18(5,6)22-16/h11-17,20H,9-10H2,1-8H3/t11?,12-,13-,14?,15-,16-,17-/m0/s1. The molecule has 0 radical (unpaired) electrons. The largest absolute Gasteiger partial charge is 0.396 e. The Morgan fingerprint density at radius 2 is 1.46 bits per heavy atom. The normalized spacial score (nSPS) is 41.6. The van der Waals surface area contributed by atoms with Crippen molar-refractivity contribution in [1.29, 1.82) is 0 Å². The van der Waals surface area contributed by atoms with Gasteiger partial charge in [0.2, 0.25) is 0 Å². The monoisotopic (exact) mass is 344 g/mol. The minimum absolute atomic E-state index is 0.00843. The van der Waals surface area contributed by atoms with Crippen LogP contribution < -0.4 is 0 Å². The molecule has 2 saturated heterocycles. The highest BCUT2D eigenvalue weighted by molar-refractivity contribution is 4.92. The van der Waals surface area contributed by atoms with Gasteiger partial charge in [-0.3, -0.25) is 0 Å². The van der Waals surface area contributed by atoms with Crippen LogP contribution >= 0.6 is 0 Å². The summed E-state index contributed by atoms with van der Waals surface area (Å²) < 4.78 is 24.5. The maximum atomic E-state index is 9.60. The highest BCUT2D eigenvalue weighted by atomic mass is 16.7. The molecule has 0 saturated carbocycles. The molecule has 2 aliphatic heterocycles. The van der Waals surface area contributed by atoms with Crippen molar-refractivity contribution in [2.75, 3.05) is 13.2 Å². The van der Waals surface area contributed by atoms with E-state index in [0.29, 0.717) is 12.5 Å². The first-order chi connectivity index (χ1) is 11.0. The van der Waals surface area contributed by atoms with Crippen LogP contribution in [0.25, 0.3) is 0 Å². The van der Waals surface area contributed by atoms with Crippen LogP contribution in [0.1, 0.15) is 55.4 Å². The summed E-state index contributed by atoms with van der Waals surface area (Å²) in [5.41, 5.74) is 0. The Balaban J connectivity index is 2.20. The van der Waals surface area contributed by atoms with Gasteiger partial charge >= 0.3 is 0 Å². The van der Waals surface area contributed by atoms with E-state index in [1.54, 1.807) is 0 Å². The molecular weight excluding hydrogens is 308 g/mol. The highest BCUT2D eigenvalue weighted by Gasteiger charge is 2.48. The molecule has 2 rings (SSSR count). The highest BCUT2D eigenvalue weighted by Crippen LogP contribution is 2.41. The Hall–Kier alpha value is -0.200. The lowest BCUT2D eigenvalue weighted by atomic mass is 9.78. The maximum Gasteiger partial charge on any atom is 0.163 e. The molecule has 0 aromatic heterocycles. The summed E-state index contributed by atoms with van der Waals surface area (Å²) in [7, 11) is 0. The van der Waals surface area contributed by atoms with Gasteiger partial charge < -0.3 is 24.1 Å². The molecule has 2 heterocycles. The van der Waals surface area contributed by atoms with E-state index in [4.69, 9.17) is 18.9 Å². The van der Waals surface area contributed by atoms with E-state index >= 15 is 0 Å². The zero-order chi connectivity index (χ0) is 18.3. The van der Waals surface area contributed by atoms with Gasteiger partial charge in [-0.1, -0.05) is 27.7 Å². The average molecular weight is 344 g/mol. The topological polar surface area (TPSA) is 57.2 Å². The van der Waals surface area contributed by atoms with Crippen LogP contribution in [0.5, 0.6) is 0 Å². The molecule has 0 aliphatic carbocycles. The van der Waals surface area contributed by atoms with Gasteiger partial charge in [-0.2, -0.15) is 0 Å². The lowest BCUT2D eigenvalue weighted by Gasteiger charge is -2.51. The summed E-state index contributed by atoms with van der Waals surface area (Å²) in [6.45, 7) is 17.2. The molecule has 7 atom stereocenters. The molecule has 5 heteroatoms. The van der Waals surface area contributed by atoms with Crippen molar-refractivity contribution in [3.8, 4) is 0 Å². The molecule has 2 unspecified atom stereocenters. The summed E-state index contributed by atoms with van der Waals surface area (Å²) >= 11 is 0. The van der Waals surface area contributed by atoms with E-state index < -0.39 is 11.6 Å². The predicted molar refractivity (Wildman–Crippen MR) is 92.5 cm³/mol. The van der Waals surface area contributed by atoms with E-state index in [0.717, 1.165) is 0 Å². The lowest BCUT2D eigenvalue weighted by molar-refractivity contribution is -0.354. The van der Waals surface area contributed by atoms with Gasteiger partial charge in [0.15, 0.2) is 11.6 Å². The Morgan fingerprint density at radius 1 is 0.917 bits per heavy atom. The van der Waals surface area contributed by atoms with Crippen LogP contribution in [0.15, 0.2) is 0 Å². The van der Waals surface area contributed by atoms with E-state index in [-0.39, 0.29) is 42.7 Å². The van der Waals surface area contributed by atoms with Gasteiger partial charge in [-0.25, -0.2) is 0 Å². The predicted octanol–water partition coefficient (Wildman–Crippen LogP) is 3.19. The van der Waals surface area contributed by atoms with Gasteiger partial charge in [0.25, 0.3) is 0 Å². The smallest absolute Gasteiger partial charge is 0.163 e. The molecule has 0 amide bonds. The van der Waals surface area contributed by atoms with E-state index in [9.17, 15) is 5.11 Å². The number of aliphatic hydroxyl groups excluding tert-OH is 1. The second-order valence-electron chi connectivity index (χ2n) is 8.71. The minimum atomic E-state index is -0.663. The van der Waals surface area contributed by atoms with Crippen molar-refractivity contribution in [2.45, 2.75) is 85.3 Å². The summed E-state index contributed by atoms with van der Waals surface area (Å²) in [6.07, 6.45) is 0.0450. The maximum absolute atomic E-state index is 9.60. The number of hydrogen-bond acceptors (Lipinski definition) is 5. The number of rotatable bonds is 4. The third-order valence-corrected chi connectivity index (χ3v) is 5.44. The summed E-state index contributed by atoms with van der Waals surface area (Å²) in [5, 5.41) is 9.60. The molecule has 142 valence electrons. The number of aliphatic hydroxyl groups is 1. The third-order valence-electron chi connectivity index (χ3n) is 5.44. The number of hydrogen-bond donors (Lipinski definition) is 1. The fourth-order valence-electron chi connectivity index (χ4n) is 4.13. The SMILES string of the molecule is CC([C@H]1OC(C)(C)O[C@@H](C(C)CO)[C@@H]1C)[C@H]1OC(C)(C)OC[C@@H]1C. The van der Waals surface area contributed by atoms with Crippen molar-refractivity contribution >= 4 is 0 Å². The van der Waals surface area contributed by atoms with Crippen LogP contribution in [0.3, 0.4) is 0 Å². The van der Waals surface area contributed by atoms with Gasteiger partial charge in [-0.15, -0.1) is 0 Å². The summed E-state index contributed by atoms with van der Waals surface area (Å²) in [6, 6.07) is 0. The number of ether oxygens (including phenoxy) is 4. The van der Waals surface area contributed by atoms with Gasteiger partial charge in [-0.05, 0) is 27.7 Å². The van der Waals surface area contributed by atoms with E-state index in [2.05, 4.69) is 20.8 Å². The fraction of sp³-hybridized carbons (Fsp3) is 1.00. The Labute approximate surface area is 147 Å². The zero-order valence-electron chi connectivity index (χ0n) is 16.5. The van der Waals surface area contributed by atoms with Gasteiger partial charge in [0.05, 0.1) is 24.9 Å². The molecule has 2 aliphatic rings. The van der Waals surface area contributed by atoms with Crippen LogP contribution in [-0.2, 0) is 18.9 Å². The van der Waals surface area contributed by atoms with Crippen molar-refractivity contribution < 1.29 is 24.1 Å². The van der Waals surface area contributed by atoms with Gasteiger partial charge in [0.1, 0.15) is 0 Å². The first-order valence-corrected chi connectivity index (χ1v) is 9.25. The lowest BCUT2D eigenvalue weighted by Crippen LogP contribution is -2.58. The summed E-state index contributed by atoms with van der Waals surface area (Å²) in [4.78, 5) is 0.